The summed E-state index contributed by atoms with van der Waals surface area (Å²) >= 11 is 0. The van der Waals surface area contributed by atoms with Gasteiger partial charge in [-0.3, -0.25) is 24.6 Å². The first-order valence-corrected chi connectivity index (χ1v) is 15.1. The summed E-state index contributed by atoms with van der Waals surface area (Å²) in [5, 5.41) is 11.7. The molecule has 2 aromatic rings. The van der Waals surface area contributed by atoms with Crippen molar-refractivity contribution in [2.75, 3.05) is 26.2 Å². The van der Waals surface area contributed by atoms with E-state index in [1.807, 2.05) is 12.1 Å². The summed E-state index contributed by atoms with van der Waals surface area (Å²) in [6, 6.07) is 13.7. The fourth-order valence-electron chi connectivity index (χ4n) is 6.97. The second kappa shape index (κ2) is 12.1. The van der Waals surface area contributed by atoms with Gasteiger partial charge in [0.25, 0.3) is 5.91 Å². The van der Waals surface area contributed by atoms with E-state index in [1.54, 1.807) is 11.0 Å². The van der Waals surface area contributed by atoms with E-state index in [0.717, 1.165) is 50.8 Å². The quantitative estimate of drug-likeness (QED) is 0.484. The molecule has 4 aliphatic heterocycles. The van der Waals surface area contributed by atoms with Gasteiger partial charge in [-0.05, 0) is 79.5 Å². The van der Waals surface area contributed by atoms with Crippen LogP contribution in [0.25, 0.3) is 0 Å². The fourth-order valence-corrected chi connectivity index (χ4v) is 6.97. The lowest BCUT2D eigenvalue weighted by Gasteiger charge is -2.37. The number of imide groups is 1. The number of carbonyl (C=O) groups excluding carboxylic acids is 3. The van der Waals surface area contributed by atoms with E-state index in [2.05, 4.69) is 34.5 Å². The molecular weight excluding hydrogens is 536 g/mol. The van der Waals surface area contributed by atoms with Crippen molar-refractivity contribution in [3.05, 3.63) is 64.7 Å². The molecule has 2 N–H and O–H groups in total. The lowest BCUT2D eigenvalue weighted by molar-refractivity contribution is -0.136. The van der Waals surface area contributed by atoms with Gasteiger partial charge in [-0.15, -0.1) is 0 Å². The number of benzene rings is 2. The number of carboxylic acid groups (broad SMARTS) is 1. The van der Waals surface area contributed by atoms with E-state index in [-0.39, 0.29) is 24.3 Å². The third-order valence-electron chi connectivity index (χ3n) is 9.32. The molecule has 0 aromatic heterocycles. The van der Waals surface area contributed by atoms with Crippen molar-refractivity contribution in [1.29, 1.82) is 0 Å². The summed E-state index contributed by atoms with van der Waals surface area (Å²) in [5.74, 6) is 0.190. The average molecular weight is 575 g/mol. The van der Waals surface area contributed by atoms with Crippen LogP contribution in [-0.4, -0.2) is 81.9 Å². The molecule has 1 unspecified atom stereocenters. The highest BCUT2D eigenvalue weighted by atomic mass is 16.5. The van der Waals surface area contributed by atoms with Crippen molar-refractivity contribution in [3.63, 3.8) is 0 Å². The molecule has 3 saturated heterocycles. The summed E-state index contributed by atoms with van der Waals surface area (Å²) in [6.07, 6.45) is 4.78. The zero-order valence-electron chi connectivity index (χ0n) is 23.8. The second-order valence-electron chi connectivity index (χ2n) is 11.9. The highest BCUT2D eigenvalue weighted by Gasteiger charge is 2.39. The van der Waals surface area contributed by atoms with E-state index in [1.165, 1.54) is 16.0 Å². The van der Waals surface area contributed by atoms with Crippen molar-refractivity contribution in [3.8, 4) is 5.75 Å². The number of hydrogen-bond acceptors (Lipinski definition) is 6. The zero-order valence-corrected chi connectivity index (χ0v) is 23.8. The minimum Gasteiger partial charge on any atom is -0.492 e. The minimum atomic E-state index is -0.834. The van der Waals surface area contributed by atoms with Crippen LogP contribution in [0.3, 0.4) is 0 Å². The Labute approximate surface area is 245 Å². The third kappa shape index (κ3) is 5.86. The van der Waals surface area contributed by atoms with Crippen LogP contribution >= 0.6 is 0 Å². The van der Waals surface area contributed by atoms with Gasteiger partial charge in [0.2, 0.25) is 11.8 Å². The van der Waals surface area contributed by atoms with Crippen LogP contribution < -0.4 is 10.1 Å². The number of nitrogens with zero attached hydrogens (tertiary/aromatic N) is 3. The lowest BCUT2D eigenvalue weighted by atomic mass is 9.86. The molecule has 0 radical (unpaired) electrons. The molecule has 42 heavy (non-hydrogen) atoms. The average Bonchev–Trinajstić information content (AvgIpc) is 3.32. The smallest absolute Gasteiger partial charge is 0.407 e. The Morgan fingerprint density at radius 2 is 1.79 bits per heavy atom. The predicted molar refractivity (Wildman–Crippen MR) is 154 cm³/mol. The maximum absolute atomic E-state index is 13.0. The molecule has 6 rings (SSSR count). The summed E-state index contributed by atoms with van der Waals surface area (Å²) in [6.45, 7) is 3.86. The predicted octanol–water partition coefficient (Wildman–Crippen LogP) is 3.74. The van der Waals surface area contributed by atoms with Crippen molar-refractivity contribution >= 4 is 23.8 Å². The normalized spacial score (nSPS) is 23.6. The number of ether oxygens (including phenoxy) is 1. The molecule has 4 amide bonds. The Morgan fingerprint density at radius 1 is 0.976 bits per heavy atom. The van der Waals surface area contributed by atoms with Crippen LogP contribution in [0.15, 0.2) is 42.5 Å². The molecular formula is C32H38N4O6. The second-order valence-corrected chi connectivity index (χ2v) is 11.9. The Balaban J connectivity index is 1.09. The summed E-state index contributed by atoms with van der Waals surface area (Å²) < 4.78 is 6.31. The molecule has 10 nitrogen and oxygen atoms in total. The summed E-state index contributed by atoms with van der Waals surface area (Å²) in [4.78, 5) is 53.9. The molecule has 2 atom stereocenters. The van der Waals surface area contributed by atoms with Gasteiger partial charge in [-0.2, -0.15) is 0 Å². The number of nitrogens with one attached hydrogen (secondary N) is 1. The van der Waals surface area contributed by atoms with Crippen LogP contribution in [0.5, 0.6) is 5.75 Å². The lowest BCUT2D eigenvalue weighted by Crippen LogP contribution is -2.52. The van der Waals surface area contributed by atoms with Gasteiger partial charge < -0.3 is 19.6 Å². The van der Waals surface area contributed by atoms with Crippen molar-refractivity contribution in [2.24, 2.45) is 0 Å². The van der Waals surface area contributed by atoms with Crippen LogP contribution in [0, 0.1) is 0 Å². The van der Waals surface area contributed by atoms with Crippen molar-refractivity contribution in [2.45, 2.75) is 76.0 Å². The first-order valence-electron chi connectivity index (χ1n) is 15.1. The first kappa shape index (κ1) is 28.2. The Hall–Kier alpha value is -3.92. The molecule has 222 valence electrons. The number of amides is 4. The highest BCUT2D eigenvalue weighted by molar-refractivity contribution is 6.05. The van der Waals surface area contributed by atoms with Gasteiger partial charge in [-0.1, -0.05) is 30.7 Å². The Bertz CT molecular complexity index is 1370. The topological polar surface area (TPSA) is 119 Å². The highest BCUT2D eigenvalue weighted by Crippen LogP contribution is 2.33. The number of carbonyl (C=O) groups is 4. The third-order valence-corrected chi connectivity index (χ3v) is 9.32. The maximum Gasteiger partial charge on any atom is 0.407 e. The van der Waals surface area contributed by atoms with Gasteiger partial charge >= 0.3 is 6.09 Å². The van der Waals surface area contributed by atoms with Crippen LogP contribution in [-0.2, 0) is 22.7 Å². The number of rotatable bonds is 7. The standard InChI is InChI=1S/C32H38N4O6/c37-29-11-10-28(30(38)33-29)36-19-23-17-25(8-9-27(23)31(36)39)42-20-24-6-3-4-14-35(24)18-22-5-1-2-7-26(22)21-12-15-34(16-13-21)32(40)41/h1-2,5,7-9,17,21,24,28H,3-4,6,10-16,18-20H2,(H,40,41)(H,33,37,38)/t24-,28?/m1/s1. The van der Waals surface area contributed by atoms with E-state index in [0.29, 0.717) is 49.9 Å². The summed E-state index contributed by atoms with van der Waals surface area (Å²) in [7, 11) is 0. The van der Waals surface area contributed by atoms with Gasteiger partial charge in [0.15, 0.2) is 0 Å². The molecule has 0 bridgehead atoms. The van der Waals surface area contributed by atoms with Gasteiger partial charge in [0.1, 0.15) is 18.4 Å². The van der Waals surface area contributed by atoms with Gasteiger partial charge in [-0.25, -0.2) is 4.79 Å². The van der Waals surface area contributed by atoms with E-state index in [9.17, 15) is 24.3 Å². The van der Waals surface area contributed by atoms with Crippen molar-refractivity contribution < 1.29 is 29.0 Å². The number of hydrogen-bond donors (Lipinski definition) is 2. The molecule has 4 aliphatic rings. The van der Waals surface area contributed by atoms with Crippen molar-refractivity contribution in [1.82, 2.24) is 20.0 Å². The number of fused-ring (bicyclic) bond motifs is 1. The van der Waals surface area contributed by atoms with Gasteiger partial charge in [0.05, 0.1) is 0 Å². The van der Waals surface area contributed by atoms with Crippen LogP contribution in [0.4, 0.5) is 4.79 Å². The molecule has 4 heterocycles. The largest absolute Gasteiger partial charge is 0.492 e. The monoisotopic (exact) mass is 574 g/mol. The first-order chi connectivity index (χ1) is 20.4. The minimum absolute atomic E-state index is 0.184. The molecule has 0 aliphatic carbocycles. The van der Waals surface area contributed by atoms with E-state index < -0.39 is 18.0 Å². The Morgan fingerprint density at radius 3 is 2.57 bits per heavy atom. The molecule has 2 aromatic carbocycles. The fraction of sp³-hybridized carbons (Fsp3) is 0.500. The SMILES string of the molecule is O=C1CCC(N2Cc3cc(OC[C@H]4CCCCN4Cc4ccccc4C4CCN(C(=O)O)CC4)ccc3C2=O)C(=O)N1. The molecule has 3 fully saturated rings. The molecule has 0 spiro atoms. The molecule has 10 heteroatoms. The number of likely N-dealkylation sites (tertiary alicyclic amines) is 2. The maximum atomic E-state index is 13.0. The van der Waals surface area contributed by atoms with Crippen LogP contribution in [0.1, 0.15) is 77.9 Å². The van der Waals surface area contributed by atoms with Crippen LogP contribution in [0.2, 0.25) is 0 Å². The van der Waals surface area contributed by atoms with E-state index in [4.69, 9.17) is 4.74 Å². The molecule has 0 saturated carbocycles. The van der Waals surface area contributed by atoms with E-state index >= 15 is 0 Å². The summed E-state index contributed by atoms with van der Waals surface area (Å²) in [5.41, 5.74) is 4.06. The number of piperidine rings is 3. The van der Waals surface area contributed by atoms with Gasteiger partial charge in [0, 0.05) is 44.2 Å². The zero-order chi connectivity index (χ0) is 29.2. The Kier molecular flexibility index (Phi) is 8.15.